The number of hydrogen-bond acceptors (Lipinski definition) is 6. The number of sulfonamides is 1. The Morgan fingerprint density at radius 2 is 1.68 bits per heavy atom. The van der Waals surface area contributed by atoms with Gasteiger partial charge in [0, 0.05) is 18.7 Å². The Morgan fingerprint density at radius 3 is 2.38 bits per heavy atom. The summed E-state index contributed by atoms with van der Waals surface area (Å²) in [5.41, 5.74) is 4.75. The number of aromatic nitrogens is 2. The van der Waals surface area contributed by atoms with Gasteiger partial charge in [-0.3, -0.25) is 10.1 Å². The molecule has 0 bridgehead atoms. The number of fused-ring (bicyclic) bond motifs is 1. The first-order valence-corrected chi connectivity index (χ1v) is 13.6. The van der Waals surface area contributed by atoms with Gasteiger partial charge < -0.3 is 4.42 Å². The molecule has 1 aromatic heterocycles. The van der Waals surface area contributed by atoms with Gasteiger partial charge in [0.15, 0.2) is 0 Å². The minimum absolute atomic E-state index is 0.0116. The summed E-state index contributed by atoms with van der Waals surface area (Å²) in [7, 11) is -3.68. The number of rotatable bonds is 7. The van der Waals surface area contributed by atoms with Crippen LogP contribution in [0.1, 0.15) is 58.3 Å². The van der Waals surface area contributed by atoms with E-state index in [9.17, 15) is 13.2 Å². The maximum Gasteiger partial charge on any atom is 0.322 e. The number of anilines is 1. The topological polar surface area (TPSA) is 105 Å². The second kappa shape index (κ2) is 10.3. The van der Waals surface area contributed by atoms with Gasteiger partial charge in [0.2, 0.25) is 15.9 Å². The van der Waals surface area contributed by atoms with Crippen LogP contribution in [-0.2, 0) is 29.4 Å². The summed E-state index contributed by atoms with van der Waals surface area (Å²) in [6, 6.07) is 21.9. The van der Waals surface area contributed by atoms with Crippen molar-refractivity contribution in [3.05, 3.63) is 107 Å². The molecule has 1 aliphatic heterocycles. The van der Waals surface area contributed by atoms with E-state index in [0.717, 1.165) is 11.1 Å². The predicted octanol–water partition coefficient (Wildman–Crippen LogP) is 4.78. The summed E-state index contributed by atoms with van der Waals surface area (Å²) in [5, 5.41) is 10.5. The Balaban J connectivity index is 1.22. The van der Waals surface area contributed by atoms with E-state index in [4.69, 9.17) is 4.42 Å². The highest BCUT2D eigenvalue weighted by molar-refractivity contribution is 7.89. The molecule has 3 aromatic carbocycles. The van der Waals surface area contributed by atoms with Crippen molar-refractivity contribution in [3.63, 3.8) is 0 Å². The molecule has 1 N–H and O–H groups in total. The van der Waals surface area contributed by atoms with Crippen LogP contribution in [0.2, 0.25) is 0 Å². The Morgan fingerprint density at radius 1 is 0.973 bits per heavy atom. The molecule has 2 heterocycles. The lowest BCUT2D eigenvalue weighted by Crippen LogP contribution is -2.35. The molecule has 0 saturated carbocycles. The quantitative estimate of drug-likeness (QED) is 0.379. The smallest absolute Gasteiger partial charge is 0.322 e. The highest BCUT2D eigenvalue weighted by Crippen LogP contribution is 2.25. The summed E-state index contributed by atoms with van der Waals surface area (Å²) in [4.78, 5) is 12.8. The zero-order valence-electron chi connectivity index (χ0n) is 20.7. The molecule has 0 fully saturated rings. The van der Waals surface area contributed by atoms with Crippen LogP contribution < -0.4 is 5.32 Å². The molecule has 8 nitrogen and oxygen atoms in total. The third kappa shape index (κ3) is 5.47. The number of nitrogens with one attached hydrogen (secondary N) is 1. The van der Waals surface area contributed by atoms with E-state index in [-0.39, 0.29) is 16.5 Å². The number of carbonyl (C=O) groups is 1. The fraction of sp³-hybridized carbons (Fsp3) is 0.250. The van der Waals surface area contributed by atoms with Gasteiger partial charge in [-0.15, -0.1) is 5.10 Å². The molecule has 0 saturated heterocycles. The molecule has 1 amide bonds. The number of amides is 1. The summed E-state index contributed by atoms with van der Waals surface area (Å²) >= 11 is 0. The van der Waals surface area contributed by atoms with Crippen LogP contribution >= 0.6 is 0 Å². The van der Waals surface area contributed by atoms with Crippen molar-refractivity contribution in [2.75, 3.05) is 11.9 Å². The number of nitrogens with zero attached hydrogens (tertiary/aromatic N) is 3. The second-order valence-corrected chi connectivity index (χ2v) is 11.3. The molecule has 0 aliphatic carbocycles. The van der Waals surface area contributed by atoms with Crippen LogP contribution in [0.15, 0.2) is 82.1 Å². The highest BCUT2D eigenvalue weighted by atomic mass is 32.2. The van der Waals surface area contributed by atoms with Gasteiger partial charge in [0.1, 0.15) is 0 Å². The molecule has 4 aromatic rings. The average molecular weight is 517 g/mol. The Hall–Kier alpha value is -3.82. The summed E-state index contributed by atoms with van der Waals surface area (Å²) < 4.78 is 33.4. The lowest BCUT2D eigenvalue weighted by molar-refractivity contribution is 0.102. The van der Waals surface area contributed by atoms with E-state index in [1.165, 1.54) is 39.7 Å². The first-order valence-electron chi connectivity index (χ1n) is 12.2. The van der Waals surface area contributed by atoms with Gasteiger partial charge >= 0.3 is 6.01 Å². The van der Waals surface area contributed by atoms with E-state index < -0.39 is 15.9 Å². The summed E-state index contributed by atoms with van der Waals surface area (Å²) in [5.74, 6) is 0.375. The minimum Gasteiger partial charge on any atom is -0.407 e. The molecule has 37 heavy (non-hydrogen) atoms. The maximum absolute atomic E-state index is 13.2. The standard InChI is InChI=1S/C28H28N4O4S/c1-19(2)21-9-7-20(8-10-21)17-26-30-31-28(36-26)29-27(33)23-11-13-25(14-12-23)37(34,35)32-16-15-22-5-3-4-6-24(22)18-32/h3-14,19H,15-18H2,1-2H3,(H,29,31,33). The van der Waals surface area contributed by atoms with E-state index >= 15 is 0 Å². The van der Waals surface area contributed by atoms with E-state index in [1.54, 1.807) is 0 Å². The monoisotopic (exact) mass is 516 g/mol. The lowest BCUT2D eigenvalue weighted by Gasteiger charge is -2.28. The van der Waals surface area contributed by atoms with Gasteiger partial charge in [0.05, 0.1) is 11.3 Å². The van der Waals surface area contributed by atoms with Crippen LogP contribution in [0, 0.1) is 0 Å². The van der Waals surface area contributed by atoms with Crippen LogP contribution in [0.3, 0.4) is 0 Å². The van der Waals surface area contributed by atoms with Gasteiger partial charge in [-0.25, -0.2) is 8.42 Å². The molecular formula is C28H28N4O4S. The molecule has 0 unspecified atom stereocenters. The molecular weight excluding hydrogens is 488 g/mol. The van der Waals surface area contributed by atoms with Crippen LogP contribution in [0.25, 0.3) is 0 Å². The van der Waals surface area contributed by atoms with Crippen molar-refractivity contribution in [1.29, 1.82) is 0 Å². The molecule has 0 atom stereocenters. The van der Waals surface area contributed by atoms with Gasteiger partial charge in [0.25, 0.3) is 5.91 Å². The minimum atomic E-state index is -3.68. The van der Waals surface area contributed by atoms with Crippen molar-refractivity contribution in [2.24, 2.45) is 0 Å². The van der Waals surface area contributed by atoms with Gasteiger partial charge in [-0.1, -0.05) is 67.5 Å². The average Bonchev–Trinajstić information content (AvgIpc) is 3.35. The van der Waals surface area contributed by atoms with Crippen LogP contribution in [0.4, 0.5) is 6.01 Å². The van der Waals surface area contributed by atoms with Crippen molar-refractivity contribution in [1.82, 2.24) is 14.5 Å². The zero-order chi connectivity index (χ0) is 26.0. The molecule has 9 heteroatoms. The Labute approximate surface area is 216 Å². The third-order valence-corrected chi connectivity index (χ3v) is 8.40. The number of carbonyl (C=O) groups excluding carboxylic acids is 1. The van der Waals surface area contributed by atoms with Crippen molar-refractivity contribution < 1.29 is 17.6 Å². The van der Waals surface area contributed by atoms with E-state index in [0.29, 0.717) is 37.7 Å². The van der Waals surface area contributed by atoms with Crippen molar-refractivity contribution in [2.45, 2.75) is 44.0 Å². The second-order valence-electron chi connectivity index (χ2n) is 9.41. The third-order valence-electron chi connectivity index (χ3n) is 6.54. The highest BCUT2D eigenvalue weighted by Gasteiger charge is 2.28. The lowest BCUT2D eigenvalue weighted by atomic mass is 10.0. The van der Waals surface area contributed by atoms with Gasteiger partial charge in [-0.2, -0.15) is 4.31 Å². The Bertz CT molecular complexity index is 1510. The molecule has 0 radical (unpaired) electrons. The van der Waals surface area contributed by atoms with Gasteiger partial charge in [-0.05, 0) is 58.9 Å². The summed E-state index contributed by atoms with van der Waals surface area (Å²) in [6.45, 7) is 5.04. The predicted molar refractivity (Wildman–Crippen MR) is 140 cm³/mol. The van der Waals surface area contributed by atoms with E-state index in [2.05, 4.69) is 41.5 Å². The fourth-order valence-corrected chi connectivity index (χ4v) is 5.76. The summed E-state index contributed by atoms with van der Waals surface area (Å²) in [6.07, 6.45) is 1.13. The molecule has 5 rings (SSSR count). The van der Waals surface area contributed by atoms with E-state index in [1.807, 2.05) is 36.4 Å². The van der Waals surface area contributed by atoms with Crippen LogP contribution in [-0.4, -0.2) is 35.4 Å². The molecule has 190 valence electrons. The first-order chi connectivity index (χ1) is 17.8. The van der Waals surface area contributed by atoms with Crippen LogP contribution in [0.5, 0.6) is 0 Å². The fourth-order valence-electron chi connectivity index (χ4n) is 4.34. The molecule has 1 aliphatic rings. The largest absolute Gasteiger partial charge is 0.407 e. The molecule has 0 spiro atoms. The maximum atomic E-state index is 13.2. The number of hydrogen-bond donors (Lipinski definition) is 1. The Kier molecular flexibility index (Phi) is 6.90. The zero-order valence-corrected chi connectivity index (χ0v) is 21.5. The normalized spacial score (nSPS) is 13.9. The first kappa shape index (κ1) is 24.9. The van der Waals surface area contributed by atoms with Crippen molar-refractivity contribution >= 4 is 21.9 Å². The van der Waals surface area contributed by atoms with Crippen molar-refractivity contribution in [3.8, 4) is 0 Å². The number of benzene rings is 3. The SMILES string of the molecule is CC(C)c1ccc(Cc2nnc(NC(=O)c3ccc(S(=O)(=O)N4CCc5ccccc5C4)cc3)o2)cc1.